The molecule has 6 heteroatoms. The minimum absolute atomic E-state index is 0.131. The zero-order valence-corrected chi connectivity index (χ0v) is 15.0. The summed E-state index contributed by atoms with van der Waals surface area (Å²) in [4.78, 5) is 19.3. The SMILES string of the molecule is Cc1nc(C2CC2)oc1C(=O)NC1CCN(C2CCCCC2O)CC1. The number of carbonyl (C=O) groups is 1. The van der Waals surface area contributed by atoms with Crippen LogP contribution in [0.15, 0.2) is 4.42 Å². The first-order valence-electron chi connectivity index (χ1n) is 9.82. The first kappa shape index (κ1) is 17.0. The van der Waals surface area contributed by atoms with Crippen LogP contribution in [0.25, 0.3) is 0 Å². The molecule has 0 spiro atoms. The fourth-order valence-corrected chi connectivity index (χ4v) is 4.28. The minimum atomic E-state index is -0.183. The number of nitrogens with zero attached hydrogens (tertiary/aromatic N) is 2. The summed E-state index contributed by atoms with van der Waals surface area (Å²) in [6, 6.07) is 0.487. The Morgan fingerprint density at radius 3 is 2.56 bits per heavy atom. The first-order valence-corrected chi connectivity index (χ1v) is 9.82. The zero-order valence-electron chi connectivity index (χ0n) is 15.0. The van der Waals surface area contributed by atoms with Crippen LogP contribution in [-0.2, 0) is 0 Å². The highest BCUT2D eigenvalue weighted by atomic mass is 16.4. The average molecular weight is 347 g/mol. The van der Waals surface area contributed by atoms with Gasteiger partial charge in [-0.1, -0.05) is 12.8 Å². The van der Waals surface area contributed by atoms with Crippen molar-refractivity contribution in [1.29, 1.82) is 0 Å². The third kappa shape index (κ3) is 3.75. The monoisotopic (exact) mass is 347 g/mol. The van der Waals surface area contributed by atoms with Crippen molar-refractivity contribution in [1.82, 2.24) is 15.2 Å². The van der Waals surface area contributed by atoms with E-state index in [0.29, 0.717) is 23.4 Å². The Morgan fingerprint density at radius 1 is 1.16 bits per heavy atom. The predicted molar refractivity (Wildman–Crippen MR) is 93.5 cm³/mol. The van der Waals surface area contributed by atoms with Crippen LogP contribution in [0.5, 0.6) is 0 Å². The number of nitrogens with one attached hydrogen (secondary N) is 1. The van der Waals surface area contributed by atoms with Crippen molar-refractivity contribution in [2.24, 2.45) is 0 Å². The molecule has 0 aromatic carbocycles. The summed E-state index contributed by atoms with van der Waals surface area (Å²) < 4.78 is 5.71. The van der Waals surface area contributed by atoms with E-state index in [-0.39, 0.29) is 18.1 Å². The Labute approximate surface area is 149 Å². The van der Waals surface area contributed by atoms with E-state index in [2.05, 4.69) is 15.2 Å². The number of piperidine rings is 1. The normalized spacial score (nSPS) is 28.9. The summed E-state index contributed by atoms with van der Waals surface area (Å²) in [5.74, 6) is 1.40. The number of aliphatic hydroxyl groups excluding tert-OH is 1. The van der Waals surface area contributed by atoms with E-state index in [1.54, 1.807) is 0 Å². The smallest absolute Gasteiger partial charge is 0.289 e. The molecule has 2 unspecified atom stereocenters. The molecule has 2 aliphatic carbocycles. The molecule has 25 heavy (non-hydrogen) atoms. The Hall–Kier alpha value is -1.40. The van der Waals surface area contributed by atoms with Crippen molar-refractivity contribution in [3.05, 3.63) is 17.3 Å². The van der Waals surface area contributed by atoms with Crippen LogP contribution >= 0.6 is 0 Å². The molecule has 1 aliphatic heterocycles. The Morgan fingerprint density at radius 2 is 1.88 bits per heavy atom. The molecule has 6 nitrogen and oxygen atoms in total. The van der Waals surface area contributed by atoms with Crippen molar-refractivity contribution in [3.63, 3.8) is 0 Å². The van der Waals surface area contributed by atoms with Gasteiger partial charge in [0.05, 0.1) is 11.8 Å². The molecule has 1 aromatic rings. The molecule has 4 rings (SSSR count). The standard InChI is InChI=1S/C19H29N3O3/c1-12-17(25-19(20-12)13-6-7-13)18(24)21-14-8-10-22(11-9-14)15-4-2-3-5-16(15)23/h13-16,23H,2-11H2,1H3,(H,21,24). The highest BCUT2D eigenvalue weighted by Gasteiger charge is 2.33. The summed E-state index contributed by atoms with van der Waals surface area (Å²) in [5.41, 5.74) is 0.696. The van der Waals surface area contributed by atoms with Crippen molar-refractivity contribution < 1.29 is 14.3 Å². The largest absolute Gasteiger partial charge is 0.435 e. The second-order valence-electron chi connectivity index (χ2n) is 7.94. The molecule has 2 saturated carbocycles. The van der Waals surface area contributed by atoms with E-state index in [1.807, 2.05) is 6.92 Å². The number of aliphatic hydroxyl groups is 1. The molecule has 138 valence electrons. The van der Waals surface area contributed by atoms with Gasteiger partial charge in [0.2, 0.25) is 5.76 Å². The summed E-state index contributed by atoms with van der Waals surface area (Å²) in [6.07, 6.45) is 8.29. The molecule has 0 bridgehead atoms. The van der Waals surface area contributed by atoms with E-state index in [1.165, 1.54) is 6.42 Å². The quantitative estimate of drug-likeness (QED) is 0.874. The molecule has 1 saturated heterocycles. The summed E-state index contributed by atoms with van der Waals surface area (Å²) in [6.45, 7) is 3.72. The maximum absolute atomic E-state index is 12.5. The second kappa shape index (κ2) is 7.08. The van der Waals surface area contributed by atoms with Gasteiger partial charge in [-0.3, -0.25) is 9.69 Å². The number of oxazole rings is 1. The fourth-order valence-electron chi connectivity index (χ4n) is 4.28. The molecule has 3 aliphatic rings. The Bertz CT molecular complexity index is 617. The van der Waals surface area contributed by atoms with Gasteiger partial charge in [0.25, 0.3) is 5.91 Å². The van der Waals surface area contributed by atoms with Gasteiger partial charge in [-0.15, -0.1) is 0 Å². The Kier molecular flexibility index (Phi) is 4.82. The van der Waals surface area contributed by atoms with Crippen molar-refractivity contribution in [2.75, 3.05) is 13.1 Å². The van der Waals surface area contributed by atoms with Gasteiger partial charge in [0.1, 0.15) is 0 Å². The maximum Gasteiger partial charge on any atom is 0.289 e. The molecule has 3 fully saturated rings. The van der Waals surface area contributed by atoms with Gasteiger partial charge >= 0.3 is 0 Å². The van der Waals surface area contributed by atoms with Crippen LogP contribution in [0, 0.1) is 6.92 Å². The summed E-state index contributed by atoms with van der Waals surface area (Å²) >= 11 is 0. The lowest BCUT2D eigenvalue weighted by atomic mass is 9.89. The van der Waals surface area contributed by atoms with Gasteiger partial charge in [-0.05, 0) is 45.4 Å². The maximum atomic E-state index is 12.5. The van der Waals surface area contributed by atoms with Crippen LogP contribution in [0.3, 0.4) is 0 Å². The third-order valence-electron chi connectivity index (χ3n) is 5.97. The first-order chi connectivity index (χ1) is 12.1. The van der Waals surface area contributed by atoms with Crippen LogP contribution in [0.1, 0.15) is 79.4 Å². The molecular weight excluding hydrogens is 318 g/mol. The van der Waals surface area contributed by atoms with E-state index in [9.17, 15) is 9.90 Å². The Balaban J connectivity index is 1.30. The third-order valence-corrected chi connectivity index (χ3v) is 5.97. The number of carbonyl (C=O) groups excluding carboxylic acids is 1. The van der Waals surface area contributed by atoms with Gasteiger partial charge in [-0.2, -0.15) is 0 Å². The van der Waals surface area contributed by atoms with E-state index < -0.39 is 0 Å². The molecule has 2 N–H and O–H groups in total. The molecule has 2 heterocycles. The fraction of sp³-hybridized carbons (Fsp3) is 0.789. The van der Waals surface area contributed by atoms with Crippen LogP contribution < -0.4 is 5.32 Å². The number of hydrogen-bond donors (Lipinski definition) is 2. The minimum Gasteiger partial charge on any atom is -0.435 e. The predicted octanol–water partition coefficient (Wildman–Crippen LogP) is 2.36. The molecule has 0 radical (unpaired) electrons. The molecule has 2 atom stereocenters. The number of aryl methyl sites for hydroxylation is 1. The number of amides is 1. The number of aromatic nitrogens is 1. The average Bonchev–Trinajstić information content (AvgIpc) is 3.38. The van der Waals surface area contributed by atoms with Gasteiger partial charge in [0, 0.05) is 31.1 Å². The lowest BCUT2D eigenvalue weighted by molar-refractivity contribution is 0.00721. The lowest BCUT2D eigenvalue weighted by Crippen LogP contribution is -2.52. The van der Waals surface area contributed by atoms with Crippen LogP contribution in [0.4, 0.5) is 0 Å². The van der Waals surface area contributed by atoms with Gasteiger partial charge in [0.15, 0.2) is 5.89 Å². The van der Waals surface area contributed by atoms with E-state index >= 15 is 0 Å². The number of hydrogen-bond acceptors (Lipinski definition) is 5. The molecular formula is C19H29N3O3. The van der Waals surface area contributed by atoms with E-state index in [4.69, 9.17) is 4.42 Å². The zero-order chi connectivity index (χ0) is 17.4. The summed E-state index contributed by atoms with van der Waals surface area (Å²) in [7, 11) is 0. The highest BCUT2D eigenvalue weighted by molar-refractivity contribution is 5.92. The van der Waals surface area contributed by atoms with Crippen molar-refractivity contribution in [2.45, 2.75) is 82.4 Å². The highest BCUT2D eigenvalue weighted by Crippen LogP contribution is 2.40. The number of rotatable bonds is 4. The lowest BCUT2D eigenvalue weighted by Gasteiger charge is -2.41. The van der Waals surface area contributed by atoms with E-state index in [0.717, 1.165) is 63.9 Å². The molecule has 1 amide bonds. The molecule has 1 aromatic heterocycles. The van der Waals surface area contributed by atoms with Gasteiger partial charge in [-0.25, -0.2) is 4.98 Å². The second-order valence-corrected chi connectivity index (χ2v) is 7.94. The van der Waals surface area contributed by atoms with Crippen LogP contribution in [-0.4, -0.2) is 52.2 Å². The number of likely N-dealkylation sites (tertiary alicyclic amines) is 1. The van der Waals surface area contributed by atoms with Crippen molar-refractivity contribution in [3.8, 4) is 0 Å². The summed E-state index contributed by atoms with van der Waals surface area (Å²) in [5, 5.41) is 13.4. The van der Waals surface area contributed by atoms with Crippen LogP contribution in [0.2, 0.25) is 0 Å². The van der Waals surface area contributed by atoms with Crippen molar-refractivity contribution >= 4 is 5.91 Å². The van der Waals surface area contributed by atoms with Gasteiger partial charge < -0.3 is 14.8 Å². The topological polar surface area (TPSA) is 78.6 Å².